The summed E-state index contributed by atoms with van der Waals surface area (Å²) >= 11 is 0. The van der Waals surface area contributed by atoms with E-state index in [4.69, 9.17) is 5.73 Å². The summed E-state index contributed by atoms with van der Waals surface area (Å²) in [4.78, 5) is 2.29. The Bertz CT molecular complexity index is 316. The molecule has 1 aromatic rings. The van der Waals surface area contributed by atoms with Crippen molar-refractivity contribution < 1.29 is 0 Å². The molecule has 1 unspecified atom stereocenters. The van der Waals surface area contributed by atoms with Gasteiger partial charge in [-0.3, -0.25) is 4.90 Å². The van der Waals surface area contributed by atoms with Gasteiger partial charge in [-0.2, -0.15) is 0 Å². The average molecular weight is 218 g/mol. The second-order valence-corrected chi connectivity index (χ2v) is 4.16. The molecule has 0 saturated carbocycles. The topological polar surface area (TPSA) is 29.3 Å². The van der Waals surface area contributed by atoms with Crippen LogP contribution in [0.4, 0.5) is 0 Å². The molecule has 2 nitrogen and oxygen atoms in total. The number of hydrogen-bond acceptors (Lipinski definition) is 2. The Morgan fingerprint density at radius 2 is 2.00 bits per heavy atom. The maximum atomic E-state index is 6.18. The zero-order chi connectivity index (χ0) is 12.0. The van der Waals surface area contributed by atoms with Gasteiger partial charge in [-0.25, -0.2) is 0 Å². The number of nitrogens with zero attached hydrogens (tertiary/aromatic N) is 1. The highest BCUT2D eigenvalue weighted by Gasteiger charge is 2.09. The molecule has 1 aromatic carbocycles. The molecule has 0 aliphatic rings. The third-order valence-corrected chi connectivity index (χ3v) is 2.79. The minimum atomic E-state index is 0.0838. The van der Waals surface area contributed by atoms with Crippen molar-refractivity contribution >= 4 is 0 Å². The van der Waals surface area contributed by atoms with Crippen molar-refractivity contribution in [2.75, 3.05) is 19.6 Å². The highest BCUT2D eigenvalue weighted by atomic mass is 15.1. The summed E-state index contributed by atoms with van der Waals surface area (Å²) < 4.78 is 0. The normalized spacial score (nSPS) is 12.8. The van der Waals surface area contributed by atoms with Gasteiger partial charge in [-0.1, -0.05) is 42.8 Å². The molecule has 1 atom stereocenters. The van der Waals surface area contributed by atoms with Gasteiger partial charge in [-0.15, -0.1) is 6.58 Å². The molecular weight excluding hydrogens is 196 g/mol. The van der Waals surface area contributed by atoms with Gasteiger partial charge < -0.3 is 5.73 Å². The lowest BCUT2D eigenvalue weighted by atomic mass is 10.1. The molecule has 0 aromatic heterocycles. The summed E-state index contributed by atoms with van der Waals surface area (Å²) in [5.74, 6) is 0. The molecule has 1 rings (SSSR count). The number of nitrogens with two attached hydrogens (primary N) is 1. The molecular formula is C14H22N2. The zero-order valence-corrected chi connectivity index (χ0v) is 10.3. The lowest BCUT2D eigenvalue weighted by molar-refractivity contribution is 0.298. The molecule has 2 heteroatoms. The van der Waals surface area contributed by atoms with Gasteiger partial charge in [0.05, 0.1) is 0 Å². The van der Waals surface area contributed by atoms with Crippen molar-refractivity contribution in [1.29, 1.82) is 0 Å². The second-order valence-electron chi connectivity index (χ2n) is 4.16. The van der Waals surface area contributed by atoms with Crippen LogP contribution in [-0.4, -0.2) is 24.5 Å². The quantitative estimate of drug-likeness (QED) is 0.743. The first-order valence-corrected chi connectivity index (χ1v) is 5.82. The largest absolute Gasteiger partial charge is 0.323 e. The number of aryl methyl sites for hydroxylation is 1. The van der Waals surface area contributed by atoms with Crippen molar-refractivity contribution in [2.45, 2.75) is 19.9 Å². The predicted octanol–water partition coefficient (Wildman–Crippen LogP) is 2.50. The van der Waals surface area contributed by atoms with Crippen LogP contribution in [0.25, 0.3) is 0 Å². The Morgan fingerprint density at radius 3 is 2.50 bits per heavy atom. The third-order valence-electron chi connectivity index (χ3n) is 2.79. The van der Waals surface area contributed by atoms with Crippen molar-refractivity contribution in [3.8, 4) is 0 Å². The molecule has 0 aliphatic carbocycles. The van der Waals surface area contributed by atoms with Gasteiger partial charge >= 0.3 is 0 Å². The molecule has 0 aliphatic heterocycles. The average Bonchev–Trinajstić information content (AvgIpc) is 2.29. The van der Waals surface area contributed by atoms with Crippen molar-refractivity contribution in [1.82, 2.24) is 4.90 Å². The van der Waals surface area contributed by atoms with Crippen LogP contribution in [0.15, 0.2) is 36.9 Å². The molecule has 0 heterocycles. The van der Waals surface area contributed by atoms with E-state index in [1.807, 2.05) is 6.08 Å². The van der Waals surface area contributed by atoms with Gasteiger partial charge in [0.1, 0.15) is 0 Å². The zero-order valence-electron chi connectivity index (χ0n) is 10.3. The summed E-state index contributed by atoms with van der Waals surface area (Å²) in [5.41, 5.74) is 8.65. The molecule has 88 valence electrons. The van der Waals surface area contributed by atoms with E-state index in [0.717, 1.165) is 19.6 Å². The van der Waals surface area contributed by atoms with E-state index in [-0.39, 0.29) is 6.04 Å². The van der Waals surface area contributed by atoms with E-state index in [1.54, 1.807) is 0 Å². The van der Waals surface area contributed by atoms with E-state index in [0.29, 0.717) is 0 Å². The van der Waals surface area contributed by atoms with Crippen LogP contribution in [-0.2, 0) is 0 Å². The number of benzene rings is 1. The number of hydrogen-bond donors (Lipinski definition) is 1. The van der Waals surface area contributed by atoms with Gasteiger partial charge in [0, 0.05) is 19.1 Å². The highest BCUT2D eigenvalue weighted by Crippen LogP contribution is 2.12. The maximum Gasteiger partial charge on any atom is 0.0424 e. The standard InChI is InChI=1S/C14H22N2/c1-4-10-16(5-2)11-14(15)13-8-6-12(3)7-9-13/h4,6-9,14H,1,5,10-11,15H2,2-3H3. The van der Waals surface area contributed by atoms with E-state index in [1.165, 1.54) is 11.1 Å². The summed E-state index contributed by atoms with van der Waals surface area (Å²) in [6.07, 6.45) is 1.92. The smallest absolute Gasteiger partial charge is 0.0424 e. The molecule has 0 saturated heterocycles. The predicted molar refractivity (Wildman–Crippen MR) is 70.4 cm³/mol. The van der Waals surface area contributed by atoms with E-state index < -0.39 is 0 Å². The van der Waals surface area contributed by atoms with Crippen LogP contribution in [0.3, 0.4) is 0 Å². The fourth-order valence-corrected chi connectivity index (χ4v) is 1.71. The Hall–Kier alpha value is -1.12. The van der Waals surface area contributed by atoms with Crippen LogP contribution < -0.4 is 5.73 Å². The molecule has 2 N–H and O–H groups in total. The summed E-state index contributed by atoms with van der Waals surface area (Å²) in [5, 5.41) is 0. The Kier molecular flexibility index (Phi) is 5.23. The fourth-order valence-electron chi connectivity index (χ4n) is 1.71. The van der Waals surface area contributed by atoms with E-state index >= 15 is 0 Å². The van der Waals surface area contributed by atoms with Crippen LogP contribution in [0, 0.1) is 6.92 Å². The van der Waals surface area contributed by atoms with Crippen LogP contribution in [0.5, 0.6) is 0 Å². The van der Waals surface area contributed by atoms with Crippen LogP contribution in [0.1, 0.15) is 24.1 Å². The molecule has 0 bridgehead atoms. The molecule has 0 fully saturated rings. The Balaban J connectivity index is 2.59. The first-order valence-electron chi connectivity index (χ1n) is 5.82. The monoisotopic (exact) mass is 218 g/mol. The van der Waals surface area contributed by atoms with Crippen molar-refractivity contribution in [2.24, 2.45) is 5.73 Å². The minimum absolute atomic E-state index is 0.0838. The number of likely N-dealkylation sites (N-methyl/N-ethyl adjacent to an activating group) is 1. The SMILES string of the molecule is C=CCN(CC)CC(N)c1ccc(C)cc1. The Morgan fingerprint density at radius 1 is 1.38 bits per heavy atom. The first-order chi connectivity index (χ1) is 7.67. The number of rotatable bonds is 6. The van der Waals surface area contributed by atoms with E-state index in [9.17, 15) is 0 Å². The molecule has 0 radical (unpaired) electrons. The lowest BCUT2D eigenvalue weighted by Crippen LogP contribution is -2.32. The second kappa shape index (κ2) is 6.46. The van der Waals surface area contributed by atoms with Crippen LogP contribution in [0.2, 0.25) is 0 Å². The molecule has 16 heavy (non-hydrogen) atoms. The first kappa shape index (κ1) is 12.9. The van der Waals surface area contributed by atoms with Gasteiger partial charge in [0.25, 0.3) is 0 Å². The molecule has 0 amide bonds. The van der Waals surface area contributed by atoms with E-state index in [2.05, 4.69) is 49.6 Å². The van der Waals surface area contributed by atoms with Crippen molar-refractivity contribution in [3.05, 3.63) is 48.0 Å². The minimum Gasteiger partial charge on any atom is -0.323 e. The third kappa shape index (κ3) is 3.80. The van der Waals surface area contributed by atoms with Gasteiger partial charge in [-0.05, 0) is 19.0 Å². The fraction of sp³-hybridized carbons (Fsp3) is 0.429. The van der Waals surface area contributed by atoms with Crippen molar-refractivity contribution in [3.63, 3.8) is 0 Å². The van der Waals surface area contributed by atoms with Gasteiger partial charge in [0.15, 0.2) is 0 Å². The van der Waals surface area contributed by atoms with Crippen LogP contribution >= 0.6 is 0 Å². The summed E-state index contributed by atoms with van der Waals surface area (Å²) in [6.45, 7) is 10.8. The lowest BCUT2D eigenvalue weighted by Gasteiger charge is -2.23. The maximum absolute atomic E-state index is 6.18. The Labute approximate surface area is 98.8 Å². The summed E-state index contributed by atoms with van der Waals surface area (Å²) in [7, 11) is 0. The van der Waals surface area contributed by atoms with Gasteiger partial charge in [0.2, 0.25) is 0 Å². The summed E-state index contributed by atoms with van der Waals surface area (Å²) in [6, 6.07) is 8.53. The molecule has 0 spiro atoms. The highest BCUT2D eigenvalue weighted by molar-refractivity contribution is 5.24.